The minimum Gasteiger partial charge on any atom is -0.435 e. The van der Waals surface area contributed by atoms with E-state index in [1.165, 1.54) is 24.3 Å². The van der Waals surface area contributed by atoms with Gasteiger partial charge in [-0.3, -0.25) is 0 Å². The summed E-state index contributed by atoms with van der Waals surface area (Å²) >= 11 is 0. The maximum absolute atomic E-state index is 12.1. The molecule has 0 heterocycles. The number of rotatable bonds is 5. The standard InChI is InChI=1S/C10H11F4NO/c11-9(12)5-8(15)6-2-1-3-7(4-6)16-10(13)14/h1-4,8-10H,5,15H2. The molecule has 0 saturated heterocycles. The zero-order valence-electron chi connectivity index (χ0n) is 8.25. The molecule has 1 unspecified atom stereocenters. The van der Waals surface area contributed by atoms with E-state index in [9.17, 15) is 17.6 Å². The third-order valence-corrected chi connectivity index (χ3v) is 1.94. The van der Waals surface area contributed by atoms with Crippen molar-refractivity contribution in [2.45, 2.75) is 25.5 Å². The Hall–Kier alpha value is -1.30. The average Bonchev–Trinajstić information content (AvgIpc) is 2.16. The lowest BCUT2D eigenvalue weighted by Gasteiger charge is -2.12. The second kappa shape index (κ2) is 5.69. The molecule has 2 N–H and O–H groups in total. The molecule has 0 aliphatic rings. The van der Waals surface area contributed by atoms with Crippen molar-refractivity contribution < 1.29 is 22.3 Å². The van der Waals surface area contributed by atoms with Crippen LogP contribution in [0.5, 0.6) is 5.75 Å². The van der Waals surface area contributed by atoms with Gasteiger partial charge >= 0.3 is 6.61 Å². The number of ether oxygens (including phenoxy) is 1. The Morgan fingerprint density at radius 1 is 1.19 bits per heavy atom. The maximum Gasteiger partial charge on any atom is 0.387 e. The Balaban J connectivity index is 2.73. The van der Waals surface area contributed by atoms with Crippen LogP contribution < -0.4 is 10.5 Å². The molecule has 0 saturated carbocycles. The molecule has 0 amide bonds. The molecule has 0 radical (unpaired) electrons. The van der Waals surface area contributed by atoms with E-state index in [0.29, 0.717) is 5.56 Å². The Morgan fingerprint density at radius 3 is 2.44 bits per heavy atom. The van der Waals surface area contributed by atoms with Crippen LogP contribution in [-0.2, 0) is 0 Å². The Morgan fingerprint density at radius 2 is 1.88 bits per heavy atom. The van der Waals surface area contributed by atoms with Crippen molar-refractivity contribution in [3.8, 4) is 5.75 Å². The third kappa shape index (κ3) is 4.06. The van der Waals surface area contributed by atoms with E-state index in [0.717, 1.165) is 0 Å². The highest BCUT2D eigenvalue weighted by molar-refractivity contribution is 5.30. The lowest BCUT2D eigenvalue weighted by molar-refractivity contribution is -0.0499. The molecule has 1 aromatic carbocycles. The van der Waals surface area contributed by atoms with Crippen LogP contribution in [-0.4, -0.2) is 13.0 Å². The van der Waals surface area contributed by atoms with Crippen LogP contribution in [0.15, 0.2) is 24.3 Å². The molecule has 0 aliphatic heterocycles. The molecule has 1 atom stereocenters. The molecule has 1 rings (SSSR count). The molecule has 0 aromatic heterocycles. The zero-order chi connectivity index (χ0) is 12.1. The molecule has 6 heteroatoms. The summed E-state index contributed by atoms with van der Waals surface area (Å²) < 4.78 is 52.0. The van der Waals surface area contributed by atoms with Crippen LogP contribution in [0.1, 0.15) is 18.0 Å². The Labute approximate surface area is 90.0 Å². The first-order valence-corrected chi connectivity index (χ1v) is 4.57. The van der Waals surface area contributed by atoms with Gasteiger partial charge in [-0.2, -0.15) is 8.78 Å². The summed E-state index contributed by atoms with van der Waals surface area (Å²) in [7, 11) is 0. The predicted octanol–water partition coefficient (Wildman–Crippen LogP) is 2.94. The number of hydrogen-bond acceptors (Lipinski definition) is 2. The second-order valence-corrected chi connectivity index (χ2v) is 3.18. The summed E-state index contributed by atoms with van der Waals surface area (Å²) in [6.45, 7) is -2.94. The SMILES string of the molecule is NC(CC(F)F)c1cccc(OC(F)F)c1. The molecule has 90 valence electrons. The number of alkyl halides is 4. The monoisotopic (exact) mass is 237 g/mol. The summed E-state index contributed by atoms with van der Waals surface area (Å²) in [4.78, 5) is 0. The Kier molecular flexibility index (Phi) is 4.54. The highest BCUT2D eigenvalue weighted by atomic mass is 19.3. The lowest BCUT2D eigenvalue weighted by atomic mass is 10.0. The van der Waals surface area contributed by atoms with E-state index in [1.54, 1.807) is 0 Å². The van der Waals surface area contributed by atoms with Gasteiger partial charge in [0.15, 0.2) is 0 Å². The van der Waals surface area contributed by atoms with Crippen LogP contribution in [0, 0.1) is 0 Å². The van der Waals surface area contributed by atoms with Crippen molar-refractivity contribution in [3.63, 3.8) is 0 Å². The van der Waals surface area contributed by atoms with Gasteiger partial charge in [0.25, 0.3) is 0 Å². The van der Waals surface area contributed by atoms with E-state index in [4.69, 9.17) is 5.73 Å². The van der Waals surface area contributed by atoms with Crippen molar-refractivity contribution in [1.82, 2.24) is 0 Å². The van der Waals surface area contributed by atoms with Crippen molar-refractivity contribution in [2.24, 2.45) is 5.73 Å². The molecule has 0 fully saturated rings. The van der Waals surface area contributed by atoms with Gasteiger partial charge in [0, 0.05) is 12.5 Å². The molecule has 2 nitrogen and oxygen atoms in total. The van der Waals surface area contributed by atoms with Crippen molar-refractivity contribution in [1.29, 1.82) is 0 Å². The normalized spacial score (nSPS) is 13.2. The van der Waals surface area contributed by atoms with E-state index in [-0.39, 0.29) is 5.75 Å². The van der Waals surface area contributed by atoms with Gasteiger partial charge in [-0.15, -0.1) is 0 Å². The van der Waals surface area contributed by atoms with Crippen LogP contribution in [0.3, 0.4) is 0 Å². The average molecular weight is 237 g/mol. The molecule has 0 bridgehead atoms. The number of halogens is 4. The summed E-state index contributed by atoms with van der Waals surface area (Å²) in [6.07, 6.45) is -3.05. The topological polar surface area (TPSA) is 35.2 Å². The summed E-state index contributed by atoms with van der Waals surface area (Å²) in [5, 5.41) is 0. The predicted molar refractivity (Wildman–Crippen MR) is 50.6 cm³/mol. The first-order valence-electron chi connectivity index (χ1n) is 4.57. The zero-order valence-corrected chi connectivity index (χ0v) is 8.25. The minimum atomic E-state index is -2.94. The molecule has 0 spiro atoms. The van der Waals surface area contributed by atoms with E-state index in [1.807, 2.05) is 0 Å². The summed E-state index contributed by atoms with van der Waals surface area (Å²) in [5.74, 6) is -0.0859. The summed E-state index contributed by atoms with van der Waals surface area (Å²) in [6, 6.07) is 4.58. The van der Waals surface area contributed by atoms with Gasteiger partial charge in [0.1, 0.15) is 5.75 Å². The van der Waals surface area contributed by atoms with Crippen LogP contribution in [0.2, 0.25) is 0 Å². The van der Waals surface area contributed by atoms with Gasteiger partial charge in [-0.1, -0.05) is 12.1 Å². The highest BCUT2D eigenvalue weighted by Crippen LogP contribution is 2.23. The van der Waals surface area contributed by atoms with E-state index >= 15 is 0 Å². The largest absolute Gasteiger partial charge is 0.435 e. The van der Waals surface area contributed by atoms with Gasteiger partial charge < -0.3 is 10.5 Å². The third-order valence-electron chi connectivity index (χ3n) is 1.94. The van der Waals surface area contributed by atoms with Crippen LogP contribution in [0.25, 0.3) is 0 Å². The summed E-state index contributed by atoms with van der Waals surface area (Å²) in [5.41, 5.74) is 5.82. The molecular formula is C10H11F4NO. The first kappa shape index (κ1) is 12.8. The number of nitrogens with two attached hydrogens (primary N) is 1. The quantitative estimate of drug-likeness (QED) is 0.799. The molecule has 16 heavy (non-hydrogen) atoms. The minimum absolute atomic E-state index is 0.0859. The molecule has 1 aromatic rings. The first-order chi connectivity index (χ1) is 7.49. The van der Waals surface area contributed by atoms with Crippen molar-refractivity contribution in [2.75, 3.05) is 0 Å². The van der Waals surface area contributed by atoms with Gasteiger partial charge in [0.2, 0.25) is 6.43 Å². The van der Waals surface area contributed by atoms with Gasteiger partial charge in [-0.05, 0) is 17.7 Å². The van der Waals surface area contributed by atoms with E-state index < -0.39 is 25.5 Å². The van der Waals surface area contributed by atoms with Crippen LogP contribution in [0.4, 0.5) is 17.6 Å². The number of hydrogen-bond donors (Lipinski definition) is 1. The van der Waals surface area contributed by atoms with Crippen molar-refractivity contribution in [3.05, 3.63) is 29.8 Å². The molecular weight excluding hydrogens is 226 g/mol. The molecule has 0 aliphatic carbocycles. The van der Waals surface area contributed by atoms with Gasteiger partial charge in [0.05, 0.1) is 0 Å². The second-order valence-electron chi connectivity index (χ2n) is 3.18. The Bertz CT molecular complexity index is 332. The van der Waals surface area contributed by atoms with Crippen LogP contribution >= 0.6 is 0 Å². The fourth-order valence-electron chi connectivity index (χ4n) is 1.25. The number of benzene rings is 1. The smallest absolute Gasteiger partial charge is 0.387 e. The highest BCUT2D eigenvalue weighted by Gasteiger charge is 2.14. The lowest BCUT2D eigenvalue weighted by Crippen LogP contribution is -2.14. The van der Waals surface area contributed by atoms with Gasteiger partial charge in [-0.25, -0.2) is 8.78 Å². The van der Waals surface area contributed by atoms with Crippen molar-refractivity contribution >= 4 is 0 Å². The fraction of sp³-hybridized carbons (Fsp3) is 0.400. The fourth-order valence-corrected chi connectivity index (χ4v) is 1.25. The maximum atomic E-state index is 12.1. The van der Waals surface area contributed by atoms with E-state index in [2.05, 4.69) is 4.74 Å².